The van der Waals surface area contributed by atoms with Gasteiger partial charge in [-0.15, -0.1) is 0 Å². The lowest BCUT2D eigenvalue weighted by Crippen LogP contribution is -2.44. The van der Waals surface area contributed by atoms with Gasteiger partial charge in [0, 0.05) is 12.0 Å². The first-order valence-corrected chi connectivity index (χ1v) is 10.2. The Bertz CT molecular complexity index is 1250. The molecule has 154 valence electrons. The smallest absolute Gasteiger partial charge is 0.359 e. The van der Waals surface area contributed by atoms with E-state index in [4.69, 9.17) is 9.40 Å². The fourth-order valence-electron chi connectivity index (χ4n) is 3.90. The van der Waals surface area contributed by atoms with E-state index in [0.29, 0.717) is 18.7 Å². The lowest BCUT2D eigenvalue weighted by Gasteiger charge is -2.08. The maximum absolute atomic E-state index is 13.4. The number of rotatable bonds is 5. The number of hydrogen-bond donors (Lipinski definition) is 1. The molecule has 2 aromatic carbocycles. The summed E-state index contributed by atoms with van der Waals surface area (Å²) in [7, 11) is 0. The molecule has 5 nitrogen and oxygen atoms in total. The number of fused-ring (bicyclic) bond motifs is 1. The number of nitrogens with one attached hydrogen (secondary N) is 1. The quantitative estimate of drug-likeness (QED) is 0.494. The van der Waals surface area contributed by atoms with Crippen LogP contribution in [0.4, 0.5) is 10.2 Å². The number of nitrogens with zero attached hydrogens (tertiary/aromatic N) is 2. The van der Waals surface area contributed by atoms with Gasteiger partial charge in [-0.25, -0.2) is 14.2 Å². The zero-order chi connectivity index (χ0) is 21.4. The van der Waals surface area contributed by atoms with E-state index in [-0.39, 0.29) is 11.7 Å². The molecule has 0 radical (unpaired) electrons. The molecule has 4 aromatic rings. The van der Waals surface area contributed by atoms with E-state index in [1.165, 1.54) is 12.1 Å². The van der Waals surface area contributed by atoms with Crippen LogP contribution in [0.3, 0.4) is 0 Å². The molecule has 3 heterocycles. The summed E-state index contributed by atoms with van der Waals surface area (Å²) in [6, 6.07) is 17.6. The highest BCUT2D eigenvalue weighted by Gasteiger charge is 2.41. The maximum atomic E-state index is 13.4. The summed E-state index contributed by atoms with van der Waals surface area (Å²) in [4.78, 5) is 18.1. The monoisotopic (exact) mass is 414 g/mol. The van der Waals surface area contributed by atoms with E-state index >= 15 is 0 Å². The van der Waals surface area contributed by atoms with Crippen molar-refractivity contribution in [3.63, 3.8) is 0 Å². The van der Waals surface area contributed by atoms with Crippen molar-refractivity contribution in [2.75, 3.05) is 5.32 Å². The second-order valence-corrected chi connectivity index (χ2v) is 7.78. The van der Waals surface area contributed by atoms with Gasteiger partial charge in [0.05, 0.1) is 12.7 Å². The molecule has 2 aromatic heterocycles. The van der Waals surface area contributed by atoms with E-state index in [9.17, 15) is 9.18 Å². The van der Waals surface area contributed by atoms with Gasteiger partial charge in [-0.2, -0.15) is 4.57 Å². The van der Waals surface area contributed by atoms with Crippen molar-refractivity contribution in [1.82, 2.24) is 4.98 Å². The summed E-state index contributed by atoms with van der Waals surface area (Å²) in [6.45, 7) is 2.02. The van der Waals surface area contributed by atoms with Crippen molar-refractivity contribution in [2.24, 2.45) is 0 Å². The minimum atomic E-state index is -0.437. The molecule has 0 aliphatic carbocycles. The first kappa shape index (κ1) is 19.2. The van der Waals surface area contributed by atoms with Gasteiger partial charge in [-0.1, -0.05) is 35.9 Å². The number of aromatic nitrogens is 2. The predicted molar refractivity (Wildman–Crippen MR) is 114 cm³/mol. The van der Waals surface area contributed by atoms with E-state index in [1.54, 1.807) is 29.2 Å². The summed E-state index contributed by atoms with van der Waals surface area (Å²) < 4.78 is 20.4. The average Bonchev–Trinajstić information content (AvgIpc) is 3.39. The first-order chi connectivity index (χ1) is 15.1. The second kappa shape index (κ2) is 7.80. The van der Waals surface area contributed by atoms with Crippen molar-refractivity contribution in [2.45, 2.75) is 25.8 Å². The first-order valence-electron chi connectivity index (χ1n) is 10.2. The normalized spacial score (nSPS) is 15.0. The molecule has 1 unspecified atom stereocenters. The summed E-state index contributed by atoms with van der Waals surface area (Å²) in [5.74, 6) is 1.08. The van der Waals surface area contributed by atoms with Gasteiger partial charge in [0.1, 0.15) is 29.2 Å². The Morgan fingerprint density at radius 2 is 1.97 bits per heavy atom. The van der Waals surface area contributed by atoms with Crippen molar-refractivity contribution >= 4 is 11.7 Å². The standard InChI is InChI=1S/C25H20FN3O2/c1-16-4-2-5-18(12-16)23-15-29-24(21(27-23)13-17-7-9-19(26)10-8-17)28-22(25(29)30)14-20-6-3-11-31-20/h2-12,15,22H,13-14H2,1H3/p+1. The van der Waals surface area contributed by atoms with Gasteiger partial charge < -0.3 is 4.42 Å². The van der Waals surface area contributed by atoms with Crippen LogP contribution >= 0.6 is 0 Å². The Morgan fingerprint density at radius 1 is 1.13 bits per heavy atom. The molecule has 1 atom stereocenters. The largest absolute Gasteiger partial charge is 0.469 e. The van der Waals surface area contributed by atoms with Crippen LogP contribution in [-0.4, -0.2) is 16.9 Å². The molecule has 0 amide bonds. The molecule has 1 aliphatic rings. The Labute approximate surface area is 179 Å². The number of halogens is 1. The summed E-state index contributed by atoms with van der Waals surface area (Å²) in [5.41, 5.74) is 4.43. The second-order valence-electron chi connectivity index (χ2n) is 7.78. The SMILES string of the molecule is Cc1cccc(-c2c[n+]3c(c(Cc4ccc(F)cc4)n2)NC(Cc2ccco2)C3=O)c1. The minimum absolute atomic E-state index is 0.0527. The van der Waals surface area contributed by atoms with Crippen LogP contribution in [0.2, 0.25) is 0 Å². The van der Waals surface area contributed by atoms with E-state index < -0.39 is 6.04 Å². The Morgan fingerprint density at radius 3 is 2.71 bits per heavy atom. The fourth-order valence-corrected chi connectivity index (χ4v) is 3.90. The van der Waals surface area contributed by atoms with Gasteiger partial charge in [-0.3, -0.25) is 5.32 Å². The Kier molecular flexibility index (Phi) is 4.82. The van der Waals surface area contributed by atoms with Crippen LogP contribution in [-0.2, 0) is 12.8 Å². The van der Waals surface area contributed by atoms with Crippen molar-refractivity contribution in [1.29, 1.82) is 0 Å². The topological polar surface area (TPSA) is 59.0 Å². The molecule has 31 heavy (non-hydrogen) atoms. The van der Waals surface area contributed by atoms with E-state index in [1.807, 2.05) is 43.3 Å². The molecule has 5 rings (SSSR count). The summed E-state index contributed by atoms with van der Waals surface area (Å²) in [5, 5.41) is 3.33. The molecule has 0 bridgehead atoms. The van der Waals surface area contributed by atoms with E-state index in [2.05, 4.69) is 5.32 Å². The van der Waals surface area contributed by atoms with Crippen LogP contribution in [0.25, 0.3) is 11.3 Å². The highest BCUT2D eigenvalue weighted by Crippen LogP contribution is 2.25. The predicted octanol–water partition coefficient (Wildman–Crippen LogP) is 4.34. The number of benzene rings is 2. The van der Waals surface area contributed by atoms with Crippen LogP contribution in [0, 0.1) is 12.7 Å². The lowest BCUT2D eigenvalue weighted by molar-refractivity contribution is -0.552. The van der Waals surface area contributed by atoms with Crippen molar-refractivity contribution in [3.05, 3.63) is 102 Å². The van der Waals surface area contributed by atoms with Gasteiger partial charge in [0.25, 0.3) is 0 Å². The number of aryl methyl sites for hydroxylation is 1. The highest BCUT2D eigenvalue weighted by molar-refractivity contribution is 5.82. The lowest BCUT2D eigenvalue weighted by atomic mass is 10.1. The molecule has 0 saturated carbocycles. The van der Waals surface area contributed by atoms with Crippen LogP contribution in [0.5, 0.6) is 0 Å². The molecular weight excluding hydrogens is 393 g/mol. The third kappa shape index (κ3) is 3.84. The Hall–Kier alpha value is -3.80. The fraction of sp³-hybridized carbons (Fsp3) is 0.160. The molecule has 1 aliphatic heterocycles. The van der Waals surface area contributed by atoms with Gasteiger partial charge >= 0.3 is 11.7 Å². The summed E-state index contributed by atoms with van der Waals surface area (Å²) >= 11 is 0. The number of carbonyl (C=O) groups excluding carboxylic acids is 1. The summed E-state index contributed by atoms with van der Waals surface area (Å²) in [6.07, 6.45) is 4.31. The van der Waals surface area contributed by atoms with Gasteiger partial charge in [0.2, 0.25) is 6.04 Å². The van der Waals surface area contributed by atoms with Crippen molar-refractivity contribution in [3.8, 4) is 11.3 Å². The van der Waals surface area contributed by atoms with E-state index in [0.717, 1.165) is 33.8 Å². The van der Waals surface area contributed by atoms with Gasteiger partial charge in [-0.05, 0) is 42.8 Å². The molecular formula is C25H21FN3O2+. The number of hydrogen-bond acceptors (Lipinski definition) is 4. The molecule has 0 spiro atoms. The number of furan rings is 1. The molecule has 0 saturated heterocycles. The van der Waals surface area contributed by atoms with Crippen LogP contribution in [0.15, 0.2) is 77.5 Å². The zero-order valence-electron chi connectivity index (χ0n) is 17.0. The van der Waals surface area contributed by atoms with Crippen LogP contribution in [0.1, 0.15) is 27.4 Å². The number of anilines is 1. The maximum Gasteiger partial charge on any atom is 0.359 e. The van der Waals surface area contributed by atoms with Crippen molar-refractivity contribution < 1.29 is 18.2 Å². The molecule has 6 heteroatoms. The number of carbonyl (C=O) groups is 1. The van der Waals surface area contributed by atoms with Crippen LogP contribution < -0.4 is 9.88 Å². The third-order valence-electron chi connectivity index (χ3n) is 5.45. The average molecular weight is 414 g/mol. The minimum Gasteiger partial charge on any atom is -0.469 e. The Balaban J connectivity index is 1.57. The molecule has 0 fully saturated rings. The molecule has 1 N–H and O–H groups in total. The zero-order valence-corrected chi connectivity index (χ0v) is 17.0. The third-order valence-corrected chi connectivity index (χ3v) is 5.45. The van der Waals surface area contributed by atoms with Gasteiger partial charge in [0.15, 0.2) is 0 Å². The highest BCUT2D eigenvalue weighted by atomic mass is 19.1.